The molecule has 0 atom stereocenters. The van der Waals surface area contributed by atoms with Gasteiger partial charge in [-0.15, -0.1) is 0 Å². The van der Waals surface area contributed by atoms with Gasteiger partial charge in [-0.1, -0.05) is 24.3 Å². The van der Waals surface area contributed by atoms with Crippen molar-refractivity contribution >= 4 is 22.3 Å². The summed E-state index contributed by atoms with van der Waals surface area (Å²) >= 11 is 0. The van der Waals surface area contributed by atoms with Gasteiger partial charge in [0.15, 0.2) is 0 Å². The average Bonchev–Trinajstić information content (AvgIpc) is 2.47. The number of benzene rings is 2. The van der Waals surface area contributed by atoms with Crippen LogP contribution in [0.2, 0.25) is 0 Å². The zero-order valence-electron chi connectivity index (χ0n) is 10.2. The molecule has 1 heterocycles. The lowest BCUT2D eigenvalue weighted by Gasteiger charge is -2.07. The number of nitrogens with one attached hydrogen (secondary N) is 1. The number of fused-ring (bicyclic) bond motifs is 1. The van der Waals surface area contributed by atoms with E-state index in [0.717, 1.165) is 22.3 Å². The zero-order chi connectivity index (χ0) is 13.1. The Balaban J connectivity index is 1.94. The van der Waals surface area contributed by atoms with Gasteiger partial charge in [0.05, 0.1) is 29.0 Å². The molecular weight excluding hydrogens is 234 g/mol. The summed E-state index contributed by atoms with van der Waals surface area (Å²) in [4.78, 5) is 4.39. The van der Waals surface area contributed by atoms with Crippen LogP contribution in [0.25, 0.3) is 10.9 Å². The molecule has 0 aliphatic rings. The van der Waals surface area contributed by atoms with Gasteiger partial charge in [0.25, 0.3) is 0 Å². The Labute approximate surface area is 111 Å². The maximum Gasteiger partial charge on any atom is 0.0992 e. The summed E-state index contributed by atoms with van der Waals surface area (Å²) < 4.78 is 0. The van der Waals surface area contributed by atoms with Gasteiger partial charge in [0.2, 0.25) is 0 Å². The van der Waals surface area contributed by atoms with Crippen molar-refractivity contribution in [2.45, 2.75) is 0 Å². The molecule has 19 heavy (non-hydrogen) atoms. The topological polar surface area (TPSA) is 48.7 Å². The van der Waals surface area contributed by atoms with Crippen molar-refractivity contribution in [1.29, 1.82) is 5.26 Å². The summed E-state index contributed by atoms with van der Waals surface area (Å²) in [6.45, 7) is 0. The summed E-state index contributed by atoms with van der Waals surface area (Å²) in [5.41, 5.74) is 3.41. The molecule has 2 aromatic carbocycles. The number of para-hydroxylation sites is 1. The van der Waals surface area contributed by atoms with Crippen LogP contribution in [-0.2, 0) is 0 Å². The first kappa shape index (κ1) is 11.2. The van der Waals surface area contributed by atoms with E-state index in [9.17, 15) is 0 Å². The molecular formula is C16H11N3. The molecule has 0 spiro atoms. The lowest BCUT2D eigenvalue weighted by Crippen LogP contribution is -1.92. The molecule has 90 valence electrons. The molecule has 1 N–H and O–H groups in total. The molecule has 0 aliphatic carbocycles. The average molecular weight is 245 g/mol. The Morgan fingerprint density at radius 2 is 1.84 bits per heavy atom. The third-order valence-electron chi connectivity index (χ3n) is 2.87. The first-order valence-electron chi connectivity index (χ1n) is 5.97. The van der Waals surface area contributed by atoms with Gasteiger partial charge in [0, 0.05) is 11.1 Å². The molecule has 3 nitrogen and oxygen atoms in total. The van der Waals surface area contributed by atoms with Gasteiger partial charge < -0.3 is 5.32 Å². The van der Waals surface area contributed by atoms with Crippen molar-refractivity contribution in [2.24, 2.45) is 0 Å². The van der Waals surface area contributed by atoms with Crippen molar-refractivity contribution in [1.82, 2.24) is 4.98 Å². The number of hydrogen-bond acceptors (Lipinski definition) is 3. The van der Waals surface area contributed by atoms with Crippen LogP contribution in [-0.4, -0.2) is 4.98 Å². The van der Waals surface area contributed by atoms with Crippen LogP contribution in [0.4, 0.5) is 11.4 Å². The second-order valence-corrected chi connectivity index (χ2v) is 4.23. The molecule has 0 aliphatic heterocycles. The Kier molecular flexibility index (Phi) is 2.83. The lowest BCUT2D eigenvalue weighted by molar-refractivity contribution is 1.39. The highest BCUT2D eigenvalue weighted by atomic mass is 14.9. The van der Waals surface area contributed by atoms with E-state index < -0.39 is 0 Å². The van der Waals surface area contributed by atoms with Gasteiger partial charge in [-0.25, -0.2) is 0 Å². The lowest BCUT2D eigenvalue weighted by atomic mass is 10.2. The minimum absolute atomic E-state index is 0.638. The van der Waals surface area contributed by atoms with Gasteiger partial charge in [-0.05, 0) is 30.3 Å². The molecule has 3 aromatic rings. The summed E-state index contributed by atoms with van der Waals surface area (Å²) in [6.07, 6.45) is 1.79. The highest BCUT2D eigenvalue weighted by molar-refractivity contribution is 5.82. The molecule has 0 amide bonds. The van der Waals surface area contributed by atoms with Crippen molar-refractivity contribution in [3.05, 3.63) is 66.4 Å². The van der Waals surface area contributed by atoms with Crippen LogP contribution in [0.5, 0.6) is 0 Å². The third-order valence-corrected chi connectivity index (χ3v) is 2.87. The highest BCUT2D eigenvalue weighted by Crippen LogP contribution is 2.20. The Hall–Kier alpha value is -2.86. The number of nitriles is 1. The summed E-state index contributed by atoms with van der Waals surface area (Å²) in [5.74, 6) is 0. The molecule has 0 radical (unpaired) electrons. The fourth-order valence-corrected chi connectivity index (χ4v) is 1.97. The van der Waals surface area contributed by atoms with Crippen LogP contribution >= 0.6 is 0 Å². The SMILES string of the molecule is N#Cc1cccc(Nc2cnc3ccccc3c2)c1. The smallest absolute Gasteiger partial charge is 0.0992 e. The molecule has 0 saturated heterocycles. The van der Waals surface area contributed by atoms with E-state index in [0.29, 0.717) is 5.56 Å². The molecule has 3 rings (SSSR count). The van der Waals surface area contributed by atoms with E-state index in [-0.39, 0.29) is 0 Å². The molecule has 0 unspecified atom stereocenters. The number of anilines is 2. The zero-order valence-corrected chi connectivity index (χ0v) is 10.2. The monoisotopic (exact) mass is 245 g/mol. The van der Waals surface area contributed by atoms with E-state index in [4.69, 9.17) is 5.26 Å². The number of nitrogens with zero attached hydrogens (tertiary/aromatic N) is 2. The standard InChI is InChI=1S/C16H11N3/c17-10-12-4-3-6-14(8-12)19-15-9-13-5-1-2-7-16(13)18-11-15/h1-9,11,19H. The van der Waals surface area contributed by atoms with E-state index in [1.165, 1.54) is 0 Å². The fraction of sp³-hybridized carbons (Fsp3) is 0. The predicted molar refractivity (Wildman–Crippen MR) is 76.2 cm³/mol. The van der Waals surface area contributed by atoms with Gasteiger partial charge in [0.1, 0.15) is 0 Å². The van der Waals surface area contributed by atoms with E-state index in [1.54, 1.807) is 12.3 Å². The van der Waals surface area contributed by atoms with Gasteiger partial charge in [-0.2, -0.15) is 5.26 Å². The first-order chi connectivity index (χ1) is 9.35. The van der Waals surface area contributed by atoms with Crippen molar-refractivity contribution in [2.75, 3.05) is 5.32 Å². The molecule has 3 heteroatoms. The van der Waals surface area contributed by atoms with Crippen LogP contribution in [0.15, 0.2) is 60.8 Å². The van der Waals surface area contributed by atoms with Crippen LogP contribution in [0.1, 0.15) is 5.56 Å². The first-order valence-corrected chi connectivity index (χ1v) is 5.97. The van der Waals surface area contributed by atoms with E-state index >= 15 is 0 Å². The number of rotatable bonds is 2. The Morgan fingerprint density at radius 1 is 0.947 bits per heavy atom. The molecule has 0 fully saturated rings. The van der Waals surface area contributed by atoms with Crippen molar-refractivity contribution < 1.29 is 0 Å². The Bertz CT molecular complexity index is 772. The van der Waals surface area contributed by atoms with Gasteiger partial charge >= 0.3 is 0 Å². The quantitative estimate of drug-likeness (QED) is 0.746. The summed E-state index contributed by atoms with van der Waals surface area (Å²) in [6, 6.07) is 19.5. The second kappa shape index (κ2) is 4.79. The predicted octanol–water partition coefficient (Wildman–Crippen LogP) is 3.85. The number of hydrogen-bond donors (Lipinski definition) is 1. The number of pyridine rings is 1. The highest BCUT2D eigenvalue weighted by Gasteiger charge is 1.99. The fourth-order valence-electron chi connectivity index (χ4n) is 1.97. The van der Waals surface area contributed by atoms with Crippen molar-refractivity contribution in [3.8, 4) is 6.07 Å². The van der Waals surface area contributed by atoms with E-state index in [1.807, 2.05) is 48.5 Å². The summed E-state index contributed by atoms with van der Waals surface area (Å²) in [7, 11) is 0. The maximum atomic E-state index is 8.88. The molecule has 1 aromatic heterocycles. The maximum absolute atomic E-state index is 8.88. The molecule has 0 bridgehead atoms. The van der Waals surface area contributed by atoms with Crippen LogP contribution in [0.3, 0.4) is 0 Å². The third kappa shape index (κ3) is 2.38. The van der Waals surface area contributed by atoms with Crippen LogP contribution in [0, 0.1) is 11.3 Å². The van der Waals surface area contributed by atoms with Gasteiger partial charge in [-0.3, -0.25) is 4.98 Å². The normalized spacial score (nSPS) is 10.1. The van der Waals surface area contributed by atoms with E-state index in [2.05, 4.69) is 16.4 Å². The minimum Gasteiger partial charge on any atom is -0.354 e. The number of aromatic nitrogens is 1. The van der Waals surface area contributed by atoms with Crippen molar-refractivity contribution in [3.63, 3.8) is 0 Å². The summed E-state index contributed by atoms with van der Waals surface area (Å²) in [5, 5.41) is 13.2. The van der Waals surface area contributed by atoms with Crippen LogP contribution < -0.4 is 5.32 Å². The molecule has 0 saturated carbocycles. The Morgan fingerprint density at radius 3 is 2.74 bits per heavy atom. The second-order valence-electron chi connectivity index (χ2n) is 4.23. The minimum atomic E-state index is 0.638. The largest absolute Gasteiger partial charge is 0.354 e.